The SMILES string of the molecule is C=C[C@H](CC=C[C@H]1C=CC[C@@H]1CCCCCCC(O)CO)CCCC. The second kappa shape index (κ2) is 14.3. The van der Waals surface area contributed by atoms with E-state index in [1.165, 1.54) is 44.9 Å². The molecule has 1 unspecified atom stereocenters. The van der Waals surface area contributed by atoms with Crippen molar-refractivity contribution in [2.75, 3.05) is 6.61 Å². The van der Waals surface area contributed by atoms with Gasteiger partial charge >= 0.3 is 0 Å². The largest absolute Gasteiger partial charge is 0.394 e. The molecule has 144 valence electrons. The van der Waals surface area contributed by atoms with Gasteiger partial charge in [0.05, 0.1) is 12.7 Å². The van der Waals surface area contributed by atoms with Gasteiger partial charge in [0.15, 0.2) is 0 Å². The van der Waals surface area contributed by atoms with Crippen molar-refractivity contribution in [1.82, 2.24) is 0 Å². The van der Waals surface area contributed by atoms with E-state index in [1.807, 2.05) is 0 Å². The second-order valence-corrected chi connectivity index (χ2v) is 7.63. The van der Waals surface area contributed by atoms with Crippen LogP contribution >= 0.6 is 0 Å². The zero-order chi connectivity index (χ0) is 18.3. The van der Waals surface area contributed by atoms with Gasteiger partial charge in [-0.05, 0) is 49.9 Å². The predicted molar refractivity (Wildman–Crippen MR) is 109 cm³/mol. The van der Waals surface area contributed by atoms with E-state index in [2.05, 4.69) is 43.9 Å². The van der Waals surface area contributed by atoms with Crippen LogP contribution in [0.2, 0.25) is 0 Å². The van der Waals surface area contributed by atoms with Crippen LogP contribution in [0.4, 0.5) is 0 Å². The summed E-state index contributed by atoms with van der Waals surface area (Å²) in [5.74, 6) is 2.03. The van der Waals surface area contributed by atoms with Crippen LogP contribution in [0.3, 0.4) is 0 Å². The van der Waals surface area contributed by atoms with Crippen molar-refractivity contribution >= 4 is 0 Å². The average Bonchev–Trinajstić information content (AvgIpc) is 3.07. The minimum Gasteiger partial charge on any atom is -0.394 e. The van der Waals surface area contributed by atoms with Crippen LogP contribution < -0.4 is 0 Å². The summed E-state index contributed by atoms with van der Waals surface area (Å²) in [5, 5.41) is 18.1. The molecule has 0 spiro atoms. The van der Waals surface area contributed by atoms with Crippen LogP contribution in [0.15, 0.2) is 37.0 Å². The summed E-state index contributed by atoms with van der Waals surface area (Å²) in [7, 11) is 0. The quantitative estimate of drug-likeness (QED) is 0.289. The molecule has 2 nitrogen and oxygen atoms in total. The number of hydrogen-bond acceptors (Lipinski definition) is 2. The molecule has 1 aliphatic rings. The molecule has 25 heavy (non-hydrogen) atoms. The molecule has 0 saturated carbocycles. The van der Waals surface area contributed by atoms with Crippen molar-refractivity contribution in [1.29, 1.82) is 0 Å². The molecule has 4 atom stereocenters. The molecule has 0 aromatic carbocycles. The second-order valence-electron chi connectivity index (χ2n) is 7.63. The zero-order valence-corrected chi connectivity index (χ0v) is 16.3. The van der Waals surface area contributed by atoms with Gasteiger partial charge < -0.3 is 10.2 Å². The van der Waals surface area contributed by atoms with Crippen molar-refractivity contribution in [3.05, 3.63) is 37.0 Å². The van der Waals surface area contributed by atoms with E-state index in [0.29, 0.717) is 11.8 Å². The molecule has 0 bridgehead atoms. The summed E-state index contributed by atoms with van der Waals surface area (Å²) in [4.78, 5) is 0. The van der Waals surface area contributed by atoms with E-state index in [-0.39, 0.29) is 6.61 Å². The predicted octanol–water partition coefficient (Wildman–Crippen LogP) is 5.81. The number of aliphatic hydroxyl groups is 2. The van der Waals surface area contributed by atoms with Crippen molar-refractivity contribution in [2.45, 2.75) is 83.7 Å². The van der Waals surface area contributed by atoms with E-state index < -0.39 is 6.10 Å². The number of hydrogen-bond donors (Lipinski definition) is 2. The molecule has 2 N–H and O–H groups in total. The minimum absolute atomic E-state index is 0.104. The number of rotatable bonds is 15. The van der Waals surface area contributed by atoms with Crippen LogP contribution in [0.1, 0.15) is 77.6 Å². The van der Waals surface area contributed by atoms with Crippen molar-refractivity contribution < 1.29 is 10.2 Å². The fourth-order valence-corrected chi connectivity index (χ4v) is 3.70. The van der Waals surface area contributed by atoms with Gasteiger partial charge in [0.1, 0.15) is 0 Å². The van der Waals surface area contributed by atoms with Gasteiger partial charge in [0.2, 0.25) is 0 Å². The fourth-order valence-electron chi connectivity index (χ4n) is 3.70. The Labute approximate surface area is 155 Å². The summed E-state index contributed by atoms with van der Waals surface area (Å²) in [5.41, 5.74) is 0. The standard InChI is InChI=1S/C23H40O2/c1-3-5-12-20(4-2)13-10-15-22-17-11-16-21(22)14-8-6-7-9-18-23(25)19-24/h4,10-11,15,17,20-25H,2-3,5-9,12-14,16,18-19H2,1H3/t20-,21-,22-,23?/m0/s1. The number of aliphatic hydroxyl groups excluding tert-OH is 2. The van der Waals surface area contributed by atoms with Gasteiger partial charge in [0, 0.05) is 0 Å². The van der Waals surface area contributed by atoms with Crippen molar-refractivity contribution in [3.63, 3.8) is 0 Å². The minimum atomic E-state index is -0.523. The molecule has 0 fully saturated rings. The van der Waals surface area contributed by atoms with E-state index in [4.69, 9.17) is 5.11 Å². The highest BCUT2D eigenvalue weighted by Crippen LogP contribution is 2.31. The lowest BCUT2D eigenvalue weighted by Gasteiger charge is -2.16. The first-order chi connectivity index (χ1) is 12.2. The summed E-state index contributed by atoms with van der Waals surface area (Å²) in [6, 6.07) is 0. The Hall–Kier alpha value is -0.860. The third kappa shape index (κ3) is 10.0. The smallest absolute Gasteiger partial charge is 0.0770 e. The maximum Gasteiger partial charge on any atom is 0.0770 e. The maximum absolute atomic E-state index is 9.34. The first-order valence-electron chi connectivity index (χ1n) is 10.5. The Morgan fingerprint density at radius 3 is 2.68 bits per heavy atom. The first kappa shape index (κ1) is 22.2. The van der Waals surface area contributed by atoms with Crippen LogP contribution in [0, 0.1) is 17.8 Å². The van der Waals surface area contributed by atoms with E-state index >= 15 is 0 Å². The molecular weight excluding hydrogens is 308 g/mol. The molecule has 1 rings (SSSR count). The lowest BCUT2D eigenvalue weighted by molar-refractivity contribution is 0.0859. The highest BCUT2D eigenvalue weighted by atomic mass is 16.3. The van der Waals surface area contributed by atoms with Gasteiger partial charge in [-0.2, -0.15) is 0 Å². The number of allylic oxidation sites excluding steroid dienone is 5. The molecule has 0 aromatic heterocycles. The molecule has 0 amide bonds. The Morgan fingerprint density at radius 1 is 1.16 bits per heavy atom. The molecular formula is C23H40O2. The van der Waals surface area contributed by atoms with Gasteiger partial charge in [-0.3, -0.25) is 0 Å². The van der Waals surface area contributed by atoms with Gasteiger partial charge in [-0.1, -0.05) is 75.8 Å². The normalized spacial score (nSPS) is 22.5. The van der Waals surface area contributed by atoms with Crippen LogP contribution in [-0.4, -0.2) is 22.9 Å². The zero-order valence-electron chi connectivity index (χ0n) is 16.3. The molecule has 1 aliphatic carbocycles. The average molecular weight is 349 g/mol. The van der Waals surface area contributed by atoms with E-state index in [9.17, 15) is 5.11 Å². The lowest BCUT2D eigenvalue weighted by Crippen LogP contribution is -2.11. The Morgan fingerprint density at radius 2 is 1.96 bits per heavy atom. The summed E-state index contributed by atoms with van der Waals surface area (Å²) in [6.45, 7) is 6.13. The molecule has 0 radical (unpaired) electrons. The third-order valence-electron chi connectivity index (χ3n) is 5.47. The fraction of sp³-hybridized carbons (Fsp3) is 0.739. The van der Waals surface area contributed by atoms with E-state index in [1.54, 1.807) is 0 Å². The number of unbranched alkanes of at least 4 members (excludes halogenated alkanes) is 4. The summed E-state index contributed by atoms with van der Waals surface area (Å²) >= 11 is 0. The van der Waals surface area contributed by atoms with Crippen molar-refractivity contribution in [3.8, 4) is 0 Å². The molecule has 2 heteroatoms. The van der Waals surface area contributed by atoms with Gasteiger partial charge in [0.25, 0.3) is 0 Å². The Balaban J connectivity index is 2.19. The summed E-state index contributed by atoms with van der Waals surface area (Å²) < 4.78 is 0. The monoisotopic (exact) mass is 348 g/mol. The van der Waals surface area contributed by atoms with Gasteiger partial charge in [-0.25, -0.2) is 0 Å². The third-order valence-corrected chi connectivity index (χ3v) is 5.47. The lowest BCUT2D eigenvalue weighted by atomic mass is 9.89. The molecule has 0 aromatic rings. The van der Waals surface area contributed by atoms with E-state index in [0.717, 1.165) is 31.6 Å². The highest BCUT2D eigenvalue weighted by Gasteiger charge is 2.19. The molecule has 0 saturated heterocycles. The van der Waals surface area contributed by atoms with Crippen LogP contribution in [0.25, 0.3) is 0 Å². The Bertz CT molecular complexity index is 386. The topological polar surface area (TPSA) is 40.5 Å². The Kier molecular flexibility index (Phi) is 12.7. The van der Waals surface area contributed by atoms with Crippen molar-refractivity contribution in [2.24, 2.45) is 17.8 Å². The highest BCUT2D eigenvalue weighted by molar-refractivity contribution is 5.10. The van der Waals surface area contributed by atoms with Gasteiger partial charge in [-0.15, -0.1) is 6.58 Å². The maximum atomic E-state index is 9.34. The molecule has 0 aliphatic heterocycles. The first-order valence-corrected chi connectivity index (χ1v) is 10.5. The van der Waals surface area contributed by atoms with Crippen LogP contribution in [-0.2, 0) is 0 Å². The summed E-state index contributed by atoms with van der Waals surface area (Å²) in [6.07, 6.45) is 24.0. The van der Waals surface area contributed by atoms with Crippen LogP contribution in [0.5, 0.6) is 0 Å². The molecule has 0 heterocycles.